The van der Waals surface area contributed by atoms with Gasteiger partial charge in [-0.3, -0.25) is 9.59 Å². The van der Waals surface area contributed by atoms with Crippen molar-refractivity contribution in [3.05, 3.63) is 24.2 Å². The molecule has 0 spiro atoms. The van der Waals surface area contributed by atoms with E-state index in [1.54, 1.807) is 18.0 Å². The molecule has 1 heterocycles. The number of rotatable bonds is 4. The largest absolute Gasteiger partial charge is 0.472 e. The Morgan fingerprint density at radius 2 is 2.05 bits per heavy atom. The number of hydrogen-bond acceptors (Lipinski definition) is 3. The van der Waals surface area contributed by atoms with Crippen molar-refractivity contribution in [2.75, 3.05) is 13.6 Å². The fourth-order valence-electron chi connectivity index (χ4n) is 1.57. The van der Waals surface area contributed by atoms with E-state index >= 15 is 0 Å². The third-order valence-corrected chi connectivity index (χ3v) is 3.41. The monoisotopic (exact) mass is 266 g/mol. The number of likely N-dealkylation sites (N-methyl/N-ethyl adjacent to an activating group) is 1. The van der Waals surface area contributed by atoms with Crippen molar-refractivity contribution >= 4 is 11.8 Å². The van der Waals surface area contributed by atoms with Crippen LogP contribution in [0.25, 0.3) is 0 Å². The lowest BCUT2D eigenvalue weighted by Crippen LogP contribution is -2.47. The van der Waals surface area contributed by atoms with Crippen molar-refractivity contribution in [3.8, 4) is 0 Å². The first-order valence-electron chi connectivity index (χ1n) is 6.29. The zero-order chi connectivity index (χ0) is 14.6. The van der Waals surface area contributed by atoms with Gasteiger partial charge in [-0.05, 0) is 18.4 Å². The maximum atomic E-state index is 12.0. The summed E-state index contributed by atoms with van der Waals surface area (Å²) in [5, 5.41) is 2.58. The SMILES string of the molecule is C[C@H](N(C)C(=O)CNC(=O)c1ccoc1)C(C)(C)C. The molecule has 1 N–H and O–H groups in total. The highest BCUT2D eigenvalue weighted by molar-refractivity contribution is 5.96. The van der Waals surface area contributed by atoms with Gasteiger partial charge in [0.25, 0.3) is 5.91 Å². The van der Waals surface area contributed by atoms with E-state index in [1.165, 1.54) is 12.5 Å². The van der Waals surface area contributed by atoms with E-state index in [9.17, 15) is 9.59 Å². The predicted octanol–water partition coefficient (Wildman–Crippen LogP) is 1.90. The topological polar surface area (TPSA) is 62.6 Å². The normalized spacial score (nSPS) is 12.9. The second-order valence-corrected chi connectivity index (χ2v) is 5.74. The van der Waals surface area contributed by atoms with Crippen molar-refractivity contribution in [1.29, 1.82) is 0 Å². The van der Waals surface area contributed by atoms with Crippen LogP contribution in [0.4, 0.5) is 0 Å². The third-order valence-electron chi connectivity index (χ3n) is 3.41. The van der Waals surface area contributed by atoms with E-state index < -0.39 is 0 Å². The molecule has 0 bridgehead atoms. The molecule has 0 aromatic carbocycles. The summed E-state index contributed by atoms with van der Waals surface area (Å²) in [6, 6.07) is 1.65. The summed E-state index contributed by atoms with van der Waals surface area (Å²) in [6.07, 6.45) is 2.77. The molecule has 1 aromatic rings. The van der Waals surface area contributed by atoms with Crippen LogP contribution in [0.5, 0.6) is 0 Å². The van der Waals surface area contributed by atoms with Crippen LogP contribution in [0.3, 0.4) is 0 Å². The first-order chi connectivity index (χ1) is 8.73. The Hall–Kier alpha value is -1.78. The van der Waals surface area contributed by atoms with Gasteiger partial charge in [0.05, 0.1) is 18.4 Å². The van der Waals surface area contributed by atoms with Crippen LogP contribution in [0.2, 0.25) is 0 Å². The van der Waals surface area contributed by atoms with E-state index in [0.717, 1.165) is 0 Å². The zero-order valence-electron chi connectivity index (χ0n) is 12.2. The lowest BCUT2D eigenvalue weighted by Gasteiger charge is -2.35. The first kappa shape index (κ1) is 15.3. The van der Waals surface area contributed by atoms with Gasteiger partial charge in [-0.15, -0.1) is 0 Å². The van der Waals surface area contributed by atoms with Crippen molar-refractivity contribution in [3.63, 3.8) is 0 Å². The molecule has 0 unspecified atom stereocenters. The van der Waals surface area contributed by atoms with E-state index in [1.807, 2.05) is 6.92 Å². The number of carbonyl (C=O) groups excluding carboxylic acids is 2. The molecule has 0 fully saturated rings. The lowest BCUT2D eigenvalue weighted by atomic mass is 9.87. The molecule has 0 radical (unpaired) electrons. The van der Waals surface area contributed by atoms with Gasteiger partial charge in [-0.2, -0.15) is 0 Å². The maximum absolute atomic E-state index is 12.0. The van der Waals surface area contributed by atoms with Crippen molar-refractivity contribution < 1.29 is 14.0 Å². The van der Waals surface area contributed by atoms with Crippen molar-refractivity contribution in [1.82, 2.24) is 10.2 Å². The summed E-state index contributed by atoms with van der Waals surface area (Å²) in [5.74, 6) is -0.418. The molecule has 5 heteroatoms. The third kappa shape index (κ3) is 4.12. The average molecular weight is 266 g/mol. The minimum atomic E-state index is -0.307. The first-order valence-corrected chi connectivity index (χ1v) is 6.29. The molecule has 0 aliphatic rings. The molecule has 106 valence electrons. The Kier molecular flexibility index (Phi) is 4.75. The Morgan fingerprint density at radius 1 is 1.42 bits per heavy atom. The summed E-state index contributed by atoms with van der Waals surface area (Å²) >= 11 is 0. The van der Waals surface area contributed by atoms with Gasteiger partial charge in [-0.1, -0.05) is 20.8 Å². The van der Waals surface area contributed by atoms with Crippen molar-refractivity contribution in [2.24, 2.45) is 5.41 Å². The smallest absolute Gasteiger partial charge is 0.254 e. The maximum Gasteiger partial charge on any atom is 0.254 e. The highest BCUT2D eigenvalue weighted by atomic mass is 16.3. The van der Waals surface area contributed by atoms with Crippen LogP contribution in [0.15, 0.2) is 23.0 Å². The molecular weight excluding hydrogens is 244 g/mol. The number of amides is 2. The second-order valence-electron chi connectivity index (χ2n) is 5.74. The minimum absolute atomic E-state index is 0.00101. The Labute approximate surface area is 114 Å². The van der Waals surface area contributed by atoms with Crippen LogP contribution < -0.4 is 5.32 Å². The molecule has 0 saturated carbocycles. The van der Waals surface area contributed by atoms with Gasteiger partial charge in [-0.25, -0.2) is 0 Å². The van der Waals surface area contributed by atoms with Crippen LogP contribution in [-0.4, -0.2) is 36.3 Å². The summed E-state index contributed by atoms with van der Waals surface area (Å²) in [4.78, 5) is 25.3. The van der Waals surface area contributed by atoms with Crippen LogP contribution in [-0.2, 0) is 4.79 Å². The van der Waals surface area contributed by atoms with E-state index in [0.29, 0.717) is 5.56 Å². The fraction of sp³-hybridized carbons (Fsp3) is 0.571. The van der Waals surface area contributed by atoms with Gasteiger partial charge >= 0.3 is 0 Å². The number of nitrogens with one attached hydrogen (secondary N) is 1. The summed E-state index contributed by atoms with van der Waals surface area (Å²) in [5.41, 5.74) is 0.415. The highest BCUT2D eigenvalue weighted by Gasteiger charge is 2.26. The molecular formula is C14H22N2O3. The van der Waals surface area contributed by atoms with Crippen LogP contribution in [0, 0.1) is 5.41 Å². The molecule has 1 aromatic heterocycles. The van der Waals surface area contributed by atoms with Crippen LogP contribution in [0.1, 0.15) is 38.1 Å². The van der Waals surface area contributed by atoms with Gasteiger partial charge in [0.15, 0.2) is 0 Å². The predicted molar refractivity (Wildman–Crippen MR) is 72.7 cm³/mol. The molecule has 5 nitrogen and oxygen atoms in total. The molecule has 2 amide bonds. The van der Waals surface area contributed by atoms with E-state index in [-0.39, 0.29) is 29.8 Å². The Balaban J connectivity index is 2.50. The summed E-state index contributed by atoms with van der Waals surface area (Å²) < 4.78 is 4.82. The fourth-order valence-corrected chi connectivity index (χ4v) is 1.57. The standard InChI is InChI=1S/C14H22N2O3/c1-10(14(2,3)4)16(5)12(17)8-15-13(18)11-6-7-19-9-11/h6-7,9-10H,8H2,1-5H3,(H,15,18)/t10-/m0/s1. The quantitative estimate of drug-likeness (QED) is 0.905. The van der Waals surface area contributed by atoms with Crippen molar-refractivity contribution in [2.45, 2.75) is 33.7 Å². The number of carbonyl (C=O) groups is 2. The van der Waals surface area contributed by atoms with Gasteiger partial charge in [0.1, 0.15) is 6.26 Å². The Bertz CT molecular complexity index is 432. The van der Waals surface area contributed by atoms with E-state index in [2.05, 4.69) is 26.1 Å². The minimum Gasteiger partial charge on any atom is -0.472 e. The molecule has 0 saturated heterocycles. The highest BCUT2D eigenvalue weighted by Crippen LogP contribution is 2.22. The van der Waals surface area contributed by atoms with Crippen LogP contribution >= 0.6 is 0 Å². The number of hydrogen-bond donors (Lipinski definition) is 1. The Morgan fingerprint density at radius 3 is 2.53 bits per heavy atom. The lowest BCUT2D eigenvalue weighted by molar-refractivity contribution is -0.132. The number of nitrogens with zero attached hydrogens (tertiary/aromatic N) is 1. The number of furan rings is 1. The van der Waals surface area contributed by atoms with E-state index in [4.69, 9.17) is 4.42 Å². The van der Waals surface area contributed by atoms with Gasteiger partial charge in [0.2, 0.25) is 5.91 Å². The molecule has 0 aliphatic carbocycles. The molecule has 0 aliphatic heterocycles. The van der Waals surface area contributed by atoms with Gasteiger partial charge in [0, 0.05) is 13.1 Å². The average Bonchev–Trinajstić information content (AvgIpc) is 2.86. The second kappa shape index (κ2) is 5.91. The zero-order valence-corrected chi connectivity index (χ0v) is 12.2. The molecule has 1 rings (SSSR count). The summed E-state index contributed by atoms with van der Waals surface area (Å²) in [7, 11) is 1.75. The van der Waals surface area contributed by atoms with Gasteiger partial charge < -0.3 is 14.6 Å². The molecule has 19 heavy (non-hydrogen) atoms. The molecule has 1 atom stereocenters. The summed E-state index contributed by atoms with van der Waals surface area (Å²) in [6.45, 7) is 8.21.